The summed E-state index contributed by atoms with van der Waals surface area (Å²) in [6.07, 6.45) is -0.855. The Morgan fingerprint density at radius 2 is 1.45 bits per heavy atom. The van der Waals surface area contributed by atoms with Crippen LogP contribution >= 0.6 is 0 Å². The predicted octanol–water partition coefficient (Wildman–Crippen LogP) is 2.59. The van der Waals surface area contributed by atoms with E-state index in [0.717, 1.165) is 19.4 Å². The molecule has 11 nitrogen and oxygen atoms in total. The molecular formula is C27H38O11. The van der Waals surface area contributed by atoms with Gasteiger partial charge in [0, 0.05) is 33.6 Å². The monoisotopic (exact) mass is 538 g/mol. The van der Waals surface area contributed by atoms with Crippen LogP contribution in [0.4, 0.5) is 0 Å². The van der Waals surface area contributed by atoms with Crippen molar-refractivity contribution in [3.05, 3.63) is 23.8 Å². The van der Waals surface area contributed by atoms with Crippen LogP contribution in [0.1, 0.15) is 61.8 Å². The van der Waals surface area contributed by atoms with Crippen LogP contribution in [0.5, 0.6) is 0 Å². The molecule has 7 atom stereocenters. The van der Waals surface area contributed by atoms with Crippen LogP contribution in [0.25, 0.3) is 0 Å². The standard InChI is InChI=1S/C27H38O11/c1-14-11-20(12-27(7,8)21(14)10-9-15(2)28)37-26-25(36-19(6)32)24(35-18(5)31)23(34-17(4)30)22(38-26)13-33-16(3)29/h9-11,20-26H,12-13H2,1-8H3/b10-9+/t20-,21-,22+,23+,24-,25+,26+/m0/s1. The Morgan fingerprint density at radius 1 is 0.895 bits per heavy atom. The van der Waals surface area contributed by atoms with E-state index in [9.17, 15) is 24.0 Å². The zero-order chi connectivity index (χ0) is 28.8. The Hall–Kier alpha value is -3.05. The van der Waals surface area contributed by atoms with E-state index in [0.29, 0.717) is 6.42 Å². The molecule has 0 aromatic carbocycles. The van der Waals surface area contributed by atoms with Gasteiger partial charge >= 0.3 is 23.9 Å². The first-order valence-corrected chi connectivity index (χ1v) is 12.4. The van der Waals surface area contributed by atoms with Gasteiger partial charge in [-0.15, -0.1) is 0 Å². The van der Waals surface area contributed by atoms with E-state index < -0.39 is 60.7 Å². The van der Waals surface area contributed by atoms with Gasteiger partial charge in [0.2, 0.25) is 0 Å². The fourth-order valence-corrected chi connectivity index (χ4v) is 4.92. The maximum Gasteiger partial charge on any atom is 0.303 e. The van der Waals surface area contributed by atoms with E-state index >= 15 is 0 Å². The maximum absolute atomic E-state index is 12.0. The van der Waals surface area contributed by atoms with Crippen LogP contribution in [-0.4, -0.2) is 73.1 Å². The molecule has 0 amide bonds. The van der Waals surface area contributed by atoms with Gasteiger partial charge in [0.15, 0.2) is 30.4 Å². The smallest absolute Gasteiger partial charge is 0.303 e. The molecule has 2 aliphatic rings. The molecule has 11 heteroatoms. The average Bonchev–Trinajstić information content (AvgIpc) is 2.74. The number of ether oxygens (including phenoxy) is 6. The van der Waals surface area contributed by atoms with E-state index in [-0.39, 0.29) is 23.7 Å². The summed E-state index contributed by atoms with van der Waals surface area (Å²) in [5, 5.41) is 0. The van der Waals surface area contributed by atoms with Crippen LogP contribution in [0.3, 0.4) is 0 Å². The minimum absolute atomic E-state index is 0.0124. The molecule has 0 radical (unpaired) electrons. The van der Waals surface area contributed by atoms with E-state index in [4.69, 9.17) is 28.4 Å². The van der Waals surface area contributed by atoms with Crippen molar-refractivity contribution in [2.75, 3.05) is 6.61 Å². The lowest BCUT2D eigenvalue weighted by molar-refractivity contribution is -0.315. The maximum atomic E-state index is 12.0. The highest BCUT2D eigenvalue weighted by Crippen LogP contribution is 2.43. The Morgan fingerprint density at radius 3 is 1.95 bits per heavy atom. The van der Waals surface area contributed by atoms with Crippen molar-refractivity contribution in [2.45, 2.75) is 98.6 Å². The molecule has 1 saturated heterocycles. The predicted molar refractivity (Wildman–Crippen MR) is 132 cm³/mol. The summed E-state index contributed by atoms with van der Waals surface area (Å²) in [4.78, 5) is 58.9. The van der Waals surface area contributed by atoms with E-state index in [1.54, 1.807) is 6.08 Å². The van der Waals surface area contributed by atoms with Gasteiger partial charge in [0.1, 0.15) is 12.7 Å². The van der Waals surface area contributed by atoms with E-state index in [1.165, 1.54) is 20.8 Å². The topological polar surface area (TPSA) is 141 Å². The molecule has 212 valence electrons. The Kier molecular flexibility index (Phi) is 10.8. The number of esters is 4. The first-order valence-electron chi connectivity index (χ1n) is 12.4. The molecule has 0 spiro atoms. The highest BCUT2D eigenvalue weighted by molar-refractivity contribution is 5.87. The second kappa shape index (κ2) is 13.1. The van der Waals surface area contributed by atoms with Gasteiger partial charge in [-0.25, -0.2) is 0 Å². The fourth-order valence-electron chi connectivity index (χ4n) is 4.92. The zero-order valence-corrected chi connectivity index (χ0v) is 23.2. The lowest BCUT2D eigenvalue weighted by Crippen LogP contribution is -2.63. The van der Waals surface area contributed by atoms with Crippen molar-refractivity contribution in [3.63, 3.8) is 0 Å². The summed E-state index contributed by atoms with van der Waals surface area (Å²) in [5.41, 5.74) is 0.655. The second-order valence-corrected chi connectivity index (χ2v) is 10.3. The fraction of sp³-hybridized carbons (Fsp3) is 0.667. The van der Waals surface area contributed by atoms with Crippen LogP contribution in [0.2, 0.25) is 0 Å². The molecular weight excluding hydrogens is 500 g/mol. The summed E-state index contributed by atoms with van der Waals surface area (Å²) in [6.45, 7) is 11.9. The van der Waals surface area contributed by atoms with Gasteiger partial charge in [0.05, 0.1) is 6.10 Å². The highest BCUT2D eigenvalue weighted by Gasteiger charge is 2.53. The summed E-state index contributed by atoms with van der Waals surface area (Å²) in [5.74, 6) is -2.79. The number of hydrogen-bond acceptors (Lipinski definition) is 11. The van der Waals surface area contributed by atoms with Crippen molar-refractivity contribution in [3.8, 4) is 0 Å². The largest absolute Gasteiger partial charge is 0.463 e. The molecule has 38 heavy (non-hydrogen) atoms. The van der Waals surface area contributed by atoms with Crippen LogP contribution < -0.4 is 0 Å². The summed E-state index contributed by atoms with van der Waals surface area (Å²) in [7, 11) is 0. The third-order valence-corrected chi connectivity index (χ3v) is 6.29. The highest BCUT2D eigenvalue weighted by atomic mass is 16.7. The molecule has 0 N–H and O–H groups in total. The summed E-state index contributed by atoms with van der Waals surface area (Å²) >= 11 is 0. The van der Waals surface area contributed by atoms with Crippen LogP contribution in [-0.2, 0) is 52.4 Å². The van der Waals surface area contributed by atoms with E-state index in [1.807, 2.05) is 32.9 Å². The zero-order valence-electron chi connectivity index (χ0n) is 23.2. The molecule has 0 saturated carbocycles. The number of allylic oxidation sites excluding steroid dienone is 3. The first-order chi connectivity index (χ1) is 17.6. The van der Waals surface area contributed by atoms with E-state index in [2.05, 4.69) is 0 Å². The van der Waals surface area contributed by atoms with Crippen molar-refractivity contribution >= 4 is 29.7 Å². The van der Waals surface area contributed by atoms with Gasteiger partial charge in [-0.05, 0) is 31.8 Å². The number of carbonyl (C=O) groups is 5. The molecule has 0 bridgehead atoms. The molecule has 1 aliphatic heterocycles. The van der Waals surface area contributed by atoms with Gasteiger partial charge < -0.3 is 28.4 Å². The third-order valence-electron chi connectivity index (χ3n) is 6.29. The second-order valence-electron chi connectivity index (χ2n) is 10.3. The van der Waals surface area contributed by atoms with Gasteiger partial charge in [-0.1, -0.05) is 31.6 Å². The minimum atomic E-state index is -1.30. The van der Waals surface area contributed by atoms with Crippen molar-refractivity contribution in [1.82, 2.24) is 0 Å². The lowest BCUT2D eigenvalue weighted by Gasteiger charge is -2.46. The number of carbonyl (C=O) groups excluding carboxylic acids is 5. The third kappa shape index (κ3) is 8.76. The minimum Gasteiger partial charge on any atom is -0.463 e. The van der Waals surface area contributed by atoms with Crippen molar-refractivity contribution < 1.29 is 52.4 Å². The Balaban J connectivity index is 2.45. The Bertz CT molecular complexity index is 980. The van der Waals surface area contributed by atoms with Crippen molar-refractivity contribution in [1.29, 1.82) is 0 Å². The molecule has 2 rings (SSSR count). The molecule has 1 fully saturated rings. The summed E-state index contributed by atoms with van der Waals surface area (Å²) < 4.78 is 33.8. The lowest BCUT2D eigenvalue weighted by atomic mass is 9.67. The summed E-state index contributed by atoms with van der Waals surface area (Å²) in [6, 6.07) is 0. The first kappa shape index (κ1) is 31.2. The van der Waals surface area contributed by atoms with Gasteiger partial charge in [0.25, 0.3) is 0 Å². The van der Waals surface area contributed by atoms with Gasteiger partial charge in [-0.3, -0.25) is 24.0 Å². The molecule has 0 unspecified atom stereocenters. The number of ketones is 1. The number of hydrogen-bond donors (Lipinski definition) is 0. The molecule has 0 aromatic rings. The number of rotatable bonds is 9. The molecule has 1 aliphatic carbocycles. The quantitative estimate of drug-likeness (QED) is 0.185. The average molecular weight is 539 g/mol. The molecule has 0 aromatic heterocycles. The van der Waals surface area contributed by atoms with Gasteiger partial charge in [-0.2, -0.15) is 0 Å². The van der Waals surface area contributed by atoms with Crippen molar-refractivity contribution in [2.24, 2.45) is 11.3 Å². The Labute approximate surface area is 222 Å². The SMILES string of the molecule is CC(=O)/C=C/[C@H]1C(C)=C[C@H](O[C@@H]2O[C@H](COC(C)=O)[C@@H](OC(C)=O)[C@H](OC(C)=O)[C@H]2OC(C)=O)CC1(C)C. The normalized spacial score (nSPS) is 30.6. The molecule has 1 heterocycles. The van der Waals surface area contributed by atoms with Crippen LogP contribution in [0.15, 0.2) is 23.8 Å². The van der Waals surface area contributed by atoms with Crippen LogP contribution in [0, 0.1) is 11.3 Å².